The number of aromatic nitrogens is 1. The van der Waals surface area contributed by atoms with E-state index in [0.29, 0.717) is 35.0 Å². The summed E-state index contributed by atoms with van der Waals surface area (Å²) < 4.78 is 61.6. The zero-order chi connectivity index (χ0) is 40.6. The summed E-state index contributed by atoms with van der Waals surface area (Å²) in [4.78, 5) is 61.8. The number of benzene rings is 1. The maximum absolute atomic E-state index is 14.7. The van der Waals surface area contributed by atoms with Gasteiger partial charge in [0.05, 0.1) is 35.7 Å². The van der Waals surface area contributed by atoms with Gasteiger partial charge < -0.3 is 34.5 Å². The minimum Gasteiger partial charge on any atom is -0.484 e. The highest BCUT2D eigenvalue weighted by atomic mass is 35.5. The topological polar surface area (TPSA) is 145 Å². The zero-order valence-electron chi connectivity index (χ0n) is 31.9. The van der Waals surface area contributed by atoms with E-state index < -0.39 is 76.8 Å². The van der Waals surface area contributed by atoms with Gasteiger partial charge in [0, 0.05) is 23.8 Å². The van der Waals surface area contributed by atoms with E-state index in [0.717, 1.165) is 12.8 Å². The van der Waals surface area contributed by atoms with Gasteiger partial charge in [-0.2, -0.15) is 13.2 Å². The van der Waals surface area contributed by atoms with Crippen molar-refractivity contribution in [3.63, 3.8) is 0 Å². The van der Waals surface area contributed by atoms with Crippen LogP contribution in [0.15, 0.2) is 30.4 Å². The molecule has 2 N–H and O–H groups in total. The van der Waals surface area contributed by atoms with Crippen LogP contribution in [0.4, 0.5) is 18.0 Å². The Morgan fingerprint density at radius 1 is 1.16 bits per heavy atom. The molecule has 4 heterocycles. The third-order valence-corrected chi connectivity index (χ3v) is 10.6. The number of esters is 1. The molecular formula is C40H46ClF3N4O8. The molecule has 0 bridgehead atoms. The highest BCUT2D eigenvalue weighted by molar-refractivity contribution is 6.22. The van der Waals surface area contributed by atoms with Crippen molar-refractivity contribution in [2.75, 3.05) is 19.8 Å². The van der Waals surface area contributed by atoms with Crippen LogP contribution in [-0.2, 0) is 23.9 Å². The minimum atomic E-state index is -4.55. The van der Waals surface area contributed by atoms with Crippen molar-refractivity contribution in [2.24, 2.45) is 5.92 Å². The summed E-state index contributed by atoms with van der Waals surface area (Å²) >= 11 is 7.17. The molecule has 1 spiro atoms. The third-order valence-electron chi connectivity index (χ3n) is 10.2. The number of ether oxygens (including phenoxy) is 4. The Balaban J connectivity index is 1.39. The number of alkyl carbamates (subject to hydrolysis) is 1. The van der Waals surface area contributed by atoms with E-state index in [-0.39, 0.29) is 43.9 Å². The van der Waals surface area contributed by atoms with Crippen LogP contribution in [0.3, 0.4) is 0 Å². The van der Waals surface area contributed by atoms with Gasteiger partial charge in [-0.05, 0) is 72.1 Å². The molecular weight excluding hydrogens is 757 g/mol. The predicted octanol–water partition coefficient (Wildman–Crippen LogP) is 6.35. The number of nitrogens with zero attached hydrogens (tertiary/aromatic N) is 2. The molecule has 56 heavy (non-hydrogen) atoms. The normalized spacial score (nSPS) is 28.4. The Morgan fingerprint density at radius 2 is 1.93 bits per heavy atom. The first-order chi connectivity index (χ1) is 26.3. The highest BCUT2D eigenvalue weighted by Crippen LogP contribution is 2.51. The van der Waals surface area contributed by atoms with Gasteiger partial charge in [-0.25, -0.2) is 14.6 Å². The molecule has 4 aliphatic rings. The SMILES string of the molecule is CCOC(=O)[C@@]12C#C[C@H]1/C=C\CCCCC[C@H](NC(=O)OC(C)(C)C)C(=O)N1C[C@@]3(CC(Cl)c4c(c(C)nc5ccc(OCC(F)(F)F)cc45)O3)C[C@H]1C(=O)N2. The molecule has 1 aromatic carbocycles. The Labute approximate surface area is 328 Å². The smallest absolute Gasteiger partial charge is 0.422 e. The Morgan fingerprint density at radius 3 is 2.61 bits per heavy atom. The monoisotopic (exact) mass is 802 g/mol. The lowest BCUT2D eigenvalue weighted by Crippen LogP contribution is -2.65. The number of alkyl halides is 4. The summed E-state index contributed by atoms with van der Waals surface area (Å²) in [5.74, 6) is 3.40. The Hall–Kier alpha value is -4.71. The summed E-state index contributed by atoms with van der Waals surface area (Å²) in [7, 11) is 0. The fraction of sp³-hybridized carbons (Fsp3) is 0.575. The molecule has 3 aliphatic heterocycles. The first-order valence-corrected chi connectivity index (χ1v) is 19.2. The molecule has 0 radical (unpaired) electrons. The van der Waals surface area contributed by atoms with E-state index in [1.165, 1.54) is 17.0 Å². The summed E-state index contributed by atoms with van der Waals surface area (Å²) in [5, 5.41) is 5.20. The van der Waals surface area contributed by atoms with Crippen molar-refractivity contribution in [2.45, 2.75) is 120 Å². The van der Waals surface area contributed by atoms with Crippen molar-refractivity contribution >= 4 is 46.4 Å². The molecule has 1 unspecified atom stereocenters. The molecule has 302 valence electrons. The van der Waals surface area contributed by atoms with E-state index in [1.54, 1.807) is 46.8 Å². The van der Waals surface area contributed by atoms with Crippen molar-refractivity contribution in [3.05, 3.63) is 41.6 Å². The van der Waals surface area contributed by atoms with Crippen LogP contribution in [0.5, 0.6) is 11.5 Å². The molecule has 3 amide bonds. The lowest BCUT2D eigenvalue weighted by atomic mass is 9.76. The highest BCUT2D eigenvalue weighted by Gasteiger charge is 2.58. The fourth-order valence-electron chi connectivity index (χ4n) is 7.67. The Kier molecular flexibility index (Phi) is 11.5. The van der Waals surface area contributed by atoms with Crippen LogP contribution in [-0.4, -0.2) is 88.5 Å². The van der Waals surface area contributed by atoms with Gasteiger partial charge in [-0.1, -0.05) is 36.8 Å². The van der Waals surface area contributed by atoms with Gasteiger partial charge in [0.2, 0.25) is 17.4 Å². The number of rotatable bonds is 5. The number of allylic oxidation sites excluding steroid dienone is 1. The quantitative estimate of drug-likeness (QED) is 0.153. The minimum absolute atomic E-state index is 0.0350. The number of pyridine rings is 1. The largest absolute Gasteiger partial charge is 0.484 e. The molecule has 16 heteroatoms. The van der Waals surface area contributed by atoms with E-state index >= 15 is 0 Å². The van der Waals surface area contributed by atoms with Crippen LogP contribution in [0.2, 0.25) is 0 Å². The van der Waals surface area contributed by atoms with Crippen LogP contribution in [0.25, 0.3) is 10.9 Å². The molecule has 1 saturated heterocycles. The summed E-state index contributed by atoms with van der Waals surface area (Å²) in [6.07, 6.45) is 1.38. The van der Waals surface area contributed by atoms with Gasteiger partial charge in [-0.3, -0.25) is 9.59 Å². The zero-order valence-corrected chi connectivity index (χ0v) is 32.7. The summed E-state index contributed by atoms with van der Waals surface area (Å²) in [6.45, 7) is 6.90. The third kappa shape index (κ3) is 8.65. The van der Waals surface area contributed by atoms with Crippen molar-refractivity contribution < 1.29 is 51.3 Å². The lowest BCUT2D eigenvalue weighted by Gasteiger charge is -2.39. The second-order valence-electron chi connectivity index (χ2n) is 15.7. The number of carbonyl (C=O) groups is 4. The van der Waals surface area contributed by atoms with Gasteiger partial charge in [0.1, 0.15) is 34.8 Å². The van der Waals surface area contributed by atoms with E-state index in [4.69, 9.17) is 30.5 Å². The Bertz CT molecular complexity index is 1990. The fourth-order valence-corrected chi connectivity index (χ4v) is 8.17. The summed E-state index contributed by atoms with van der Waals surface area (Å²) in [5.41, 5.74) is -2.41. The van der Waals surface area contributed by atoms with Crippen molar-refractivity contribution in [3.8, 4) is 23.3 Å². The van der Waals surface area contributed by atoms with Gasteiger partial charge in [-0.15, -0.1) is 11.6 Å². The molecule has 0 saturated carbocycles. The van der Waals surface area contributed by atoms with E-state index in [2.05, 4.69) is 27.5 Å². The second kappa shape index (κ2) is 15.7. The van der Waals surface area contributed by atoms with Gasteiger partial charge in [0.15, 0.2) is 6.61 Å². The number of halogens is 4. The van der Waals surface area contributed by atoms with Crippen molar-refractivity contribution in [1.82, 2.24) is 20.5 Å². The van der Waals surface area contributed by atoms with E-state index in [1.807, 2.05) is 6.08 Å². The molecule has 6 atom stereocenters. The summed E-state index contributed by atoms with van der Waals surface area (Å²) in [6, 6.07) is 2.09. The molecule has 1 aliphatic carbocycles. The number of amides is 3. The molecule has 1 aromatic heterocycles. The number of hydrogen-bond donors (Lipinski definition) is 2. The molecule has 12 nitrogen and oxygen atoms in total. The first kappa shape index (κ1) is 40.9. The lowest BCUT2D eigenvalue weighted by molar-refractivity contribution is -0.153. The number of carbonyl (C=O) groups excluding carboxylic acids is 4. The van der Waals surface area contributed by atoms with E-state index in [9.17, 15) is 32.3 Å². The average Bonchev–Trinajstić information content (AvgIpc) is 3.46. The number of fused-ring (bicyclic) bond motifs is 5. The molecule has 2 aromatic rings. The maximum Gasteiger partial charge on any atom is 0.422 e. The predicted molar refractivity (Wildman–Crippen MR) is 199 cm³/mol. The van der Waals surface area contributed by atoms with Gasteiger partial charge in [0.25, 0.3) is 0 Å². The first-order valence-electron chi connectivity index (χ1n) is 18.8. The number of hydrogen-bond acceptors (Lipinski definition) is 9. The van der Waals surface area contributed by atoms with Crippen LogP contribution in [0.1, 0.15) is 89.3 Å². The maximum atomic E-state index is 14.7. The van der Waals surface area contributed by atoms with Crippen LogP contribution in [0, 0.1) is 24.7 Å². The van der Waals surface area contributed by atoms with Crippen LogP contribution >= 0.6 is 11.6 Å². The van der Waals surface area contributed by atoms with Gasteiger partial charge >= 0.3 is 18.2 Å². The van der Waals surface area contributed by atoms with Crippen molar-refractivity contribution in [1.29, 1.82) is 0 Å². The number of aryl methyl sites for hydroxylation is 1. The standard InChI is InChI=1S/C40H46ClF3N4O8/c1-6-53-35(51)39-17-16-24(39)12-10-8-7-9-11-13-29(46-36(52)56-37(3,4)5)34(50)48-21-38(20-30(48)33(49)47-39)19-27(41)31-26-18-25(54-22-40(42,43)44)14-15-28(26)45-23(2)32(31)55-38/h10,12,14-15,18,24,27,29-30H,6-9,11,13,19-22H2,1-5H3,(H,46,52)(H,47,49)/b12-10-/t24-,27?,29+,30+,38-,39-/m1/s1. The molecule has 1 fully saturated rings. The van der Waals surface area contributed by atoms with Crippen LogP contribution < -0.4 is 20.1 Å². The number of nitrogens with one attached hydrogen (secondary N) is 2. The second-order valence-corrected chi connectivity index (χ2v) is 16.2. The molecule has 6 rings (SSSR count). The average molecular weight is 803 g/mol.